The van der Waals surface area contributed by atoms with Crippen molar-refractivity contribution in [3.05, 3.63) is 64.7 Å². The minimum absolute atomic E-state index is 0.107. The molecule has 0 aliphatic rings. The lowest BCUT2D eigenvalue weighted by molar-refractivity contribution is 0.102. The second kappa shape index (κ2) is 5.89. The topological polar surface area (TPSA) is 29.1 Å². The van der Waals surface area contributed by atoms with Crippen molar-refractivity contribution >= 4 is 23.2 Å². The first-order valence-corrected chi connectivity index (χ1v) is 6.61. The van der Waals surface area contributed by atoms with Crippen LogP contribution in [0.2, 0.25) is 5.02 Å². The molecule has 98 valence electrons. The predicted octanol–water partition coefficient (Wildman–Crippen LogP) is 4.72. The molecule has 0 spiro atoms. The Morgan fingerprint density at radius 2 is 1.79 bits per heavy atom. The van der Waals surface area contributed by atoms with Crippen LogP contribution in [0, 0.1) is 0 Å². The first-order valence-electron chi connectivity index (χ1n) is 6.23. The largest absolute Gasteiger partial charge is 0.322 e. The normalized spacial score (nSPS) is 10.5. The zero-order valence-corrected chi connectivity index (χ0v) is 11.7. The van der Waals surface area contributed by atoms with Gasteiger partial charge in [0, 0.05) is 16.3 Å². The summed E-state index contributed by atoms with van der Waals surface area (Å²) in [5, 5.41) is 3.51. The maximum atomic E-state index is 12.1. The Bertz CT molecular complexity index is 576. The summed E-state index contributed by atoms with van der Waals surface area (Å²) in [5.41, 5.74) is 2.56. The number of amides is 1. The van der Waals surface area contributed by atoms with Crippen molar-refractivity contribution in [3.8, 4) is 0 Å². The lowest BCUT2D eigenvalue weighted by atomic mass is 10.0. The zero-order valence-electron chi connectivity index (χ0n) is 11.0. The van der Waals surface area contributed by atoms with Gasteiger partial charge in [0.15, 0.2) is 0 Å². The molecule has 2 aromatic carbocycles. The van der Waals surface area contributed by atoms with Gasteiger partial charge >= 0.3 is 0 Å². The highest BCUT2D eigenvalue weighted by Crippen LogP contribution is 2.18. The molecule has 2 aromatic rings. The summed E-state index contributed by atoms with van der Waals surface area (Å²) in [6.45, 7) is 4.21. The zero-order chi connectivity index (χ0) is 13.8. The van der Waals surface area contributed by atoms with Crippen LogP contribution in [-0.2, 0) is 0 Å². The molecule has 1 amide bonds. The minimum atomic E-state index is -0.107. The lowest BCUT2D eigenvalue weighted by Crippen LogP contribution is -2.12. The number of rotatable bonds is 3. The van der Waals surface area contributed by atoms with E-state index in [0.717, 1.165) is 11.3 Å². The van der Waals surface area contributed by atoms with E-state index < -0.39 is 0 Å². The smallest absolute Gasteiger partial charge is 0.255 e. The van der Waals surface area contributed by atoms with Gasteiger partial charge in [-0.05, 0) is 47.9 Å². The second-order valence-electron chi connectivity index (χ2n) is 4.74. The van der Waals surface area contributed by atoms with Crippen molar-refractivity contribution in [3.63, 3.8) is 0 Å². The first-order chi connectivity index (χ1) is 9.06. The molecule has 2 rings (SSSR count). The fraction of sp³-hybridized carbons (Fsp3) is 0.188. The average molecular weight is 274 g/mol. The minimum Gasteiger partial charge on any atom is -0.322 e. The Hall–Kier alpha value is -1.80. The third kappa shape index (κ3) is 3.58. The highest BCUT2D eigenvalue weighted by atomic mass is 35.5. The summed E-state index contributed by atoms with van der Waals surface area (Å²) in [6.07, 6.45) is 0. The number of hydrogen-bond donors (Lipinski definition) is 1. The maximum absolute atomic E-state index is 12.1. The van der Waals surface area contributed by atoms with Crippen molar-refractivity contribution < 1.29 is 4.79 Å². The van der Waals surface area contributed by atoms with Crippen LogP contribution in [0.15, 0.2) is 48.5 Å². The molecule has 19 heavy (non-hydrogen) atoms. The molecule has 0 heterocycles. The molecule has 0 aliphatic heterocycles. The quantitative estimate of drug-likeness (QED) is 0.862. The summed E-state index contributed by atoms with van der Waals surface area (Å²) >= 11 is 5.81. The Morgan fingerprint density at radius 3 is 2.42 bits per heavy atom. The van der Waals surface area contributed by atoms with E-state index in [1.807, 2.05) is 24.3 Å². The Morgan fingerprint density at radius 1 is 1.11 bits per heavy atom. The van der Waals surface area contributed by atoms with Gasteiger partial charge in [0.25, 0.3) is 5.91 Å². The SMILES string of the molecule is CC(C)c1cccc(C(=O)Nc2ccc(Cl)cc2)c1. The van der Waals surface area contributed by atoms with E-state index in [2.05, 4.69) is 19.2 Å². The van der Waals surface area contributed by atoms with Gasteiger partial charge < -0.3 is 5.32 Å². The molecule has 0 fully saturated rings. The van der Waals surface area contributed by atoms with Crippen LogP contribution in [0.25, 0.3) is 0 Å². The number of hydrogen-bond acceptors (Lipinski definition) is 1. The molecule has 1 N–H and O–H groups in total. The van der Waals surface area contributed by atoms with Crippen LogP contribution >= 0.6 is 11.6 Å². The number of carbonyl (C=O) groups is 1. The third-order valence-corrected chi connectivity index (χ3v) is 3.17. The van der Waals surface area contributed by atoms with Gasteiger partial charge in [-0.2, -0.15) is 0 Å². The van der Waals surface area contributed by atoms with E-state index in [4.69, 9.17) is 11.6 Å². The number of halogens is 1. The molecular formula is C16H16ClNO. The van der Waals surface area contributed by atoms with Crippen molar-refractivity contribution in [1.82, 2.24) is 0 Å². The summed E-state index contributed by atoms with van der Waals surface area (Å²) in [7, 11) is 0. The fourth-order valence-corrected chi connectivity index (χ4v) is 1.90. The number of nitrogens with one attached hydrogen (secondary N) is 1. The maximum Gasteiger partial charge on any atom is 0.255 e. The van der Waals surface area contributed by atoms with E-state index in [-0.39, 0.29) is 5.91 Å². The predicted molar refractivity (Wildman–Crippen MR) is 79.9 cm³/mol. The highest BCUT2D eigenvalue weighted by Gasteiger charge is 2.08. The molecule has 0 radical (unpaired) electrons. The summed E-state index contributed by atoms with van der Waals surface area (Å²) in [4.78, 5) is 12.1. The van der Waals surface area contributed by atoms with Gasteiger partial charge in [-0.15, -0.1) is 0 Å². The first kappa shape index (κ1) is 13.6. The molecule has 0 atom stereocenters. The second-order valence-corrected chi connectivity index (χ2v) is 5.18. The molecule has 0 aliphatic carbocycles. The molecule has 3 heteroatoms. The molecule has 0 saturated heterocycles. The fourth-order valence-electron chi connectivity index (χ4n) is 1.78. The molecule has 0 aromatic heterocycles. The molecule has 2 nitrogen and oxygen atoms in total. The number of benzene rings is 2. The highest BCUT2D eigenvalue weighted by molar-refractivity contribution is 6.30. The van der Waals surface area contributed by atoms with Crippen molar-refractivity contribution in [2.24, 2.45) is 0 Å². The monoisotopic (exact) mass is 273 g/mol. The summed E-state index contributed by atoms with van der Waals surface area (Å²) < 4.78 is 0. The van der Waals surface area contributed by atoms with Gasteiger partial charge in [0.05, 0.1) is 0 Å². The molecule has 0 saturated carbocycles. The van der Waals surface area contributed by atoms with Gasteiger partial charge in [-0.1, -0.05) is 37.6 Å². The van der Waals surface area contributed by atoms with Crippen LogP contribution < -0.4 is 5.32 Å². The van der Waals surface area contributed by atoms with E-state index in [1.54, 1.807) is 24.3 Å². The van der Waals surface area contributed by atoms with Gasteiger partial charge in [-0.25, -0.2) is 0 Å². The van der Waals surface area contributed by atoms with E-state index in [1.165, 1.54) is 0 Å². The van der Waals surface area contributed by atoms with Gasteiger partial charge in [0.1, 0.15) is 0 Å². The standard InChI is InChI=1S/C16H16ClNO/c1-11(2)12-4-3-5-13(10-12)16(19)18-15-8-6-14(17)7-9-15/h3-11H,1-2H3,(H,18,19). The summed E-state index contributed by atoms with van der Waals surface area (Å²) in [6, 6.07) is 14.8. The lowest BCUT2D eigenvalue weighted by Gasteiger charge is -2.09. The average Bonchev–Trinajstić information content (AvgIpc) is 2.41. The van der Waals surface area contributed by atoms with Crippen LogP contribution in [0.3, 0.4) is 0 Å². The van der Waals surface area contributed by atoms with Gasteiger partial charge in [-0.3, -0.25) is 4.79 Å². The van der Waals surface area contributed by atoms with E-state index >= 15 is 0 Å². The van der Waals surface area contributed by atoms with E-state index in [9.17, 15) is 4.79 Å². The van der Waals surface area contributed by atoms with Gasteiger partial charge in [0.2, 0.25) is 0 Å². The summed E-state index contributed by atoms with van der Waals surface area (Å²) in [5.74, 6) is 0.299. The number of anilines is 1. The molecular weight excluding hydrogens is 258 g/mol. The number of carbonyl (C=O) groups excluding carboxylic acids is 1. The Balaban J connectivity index is 2.15. The van der Waals surface area contributed by atoms with Crippen molar-refractivity contribution in [2.75, 3.05) is 5.32 Å². The van der Waals surface area contributed by atoms with E-state index in [0.29, 0.717) is 16.5 Å². The Kier molecular flexibility index (Phi) is 4.23. The van der Waals surface area contributed by atoms with Crippen LogP contribution in [0.1, 0.15) is 35.7 Å². The third-order valence-electron chi connectivity index (χ3n) is 2.92. The van der Waals surface area contributed by atoms with Crippen molar-refractivity contribution in [2.45, 2.75) is 19.8 Å². The molecule has 0 unspecified atom stereocenters. The van der Waals surface area contributed by atoms with Crippen LogP contribution in [0.4, 0.5) is 5.69 Å². The van der Waals surface area contributed by atoms with Crippen molar-refractivity contribution in [1.29, 1.82) is 0 Å². The van der Waals surface area contributed by atoms with Crippen LogP contribution in [0.5, 0.6) is 0 Å². The van der Waals surface area contributed by atoms with Crippen LogP contribution in [-0.4, -0.2) is 5.91 Å². The Labute approximate surface area is 118 Å². The molecule has 0 bridgehead atoms.